The van der Waals surface area contributed by atoms with Crippen molar-refractivity contribution in [2.24, 2.45) is 0 Å². The van der Waals surface area contributed by atoms with Crippen molar-refractivity contribution in [2.75, 3.05) is 0 Å². The average Bonchev–Trinajstić information content (AvgIpc) is 2.24. The molecule has 0 amide bonds. The molecule has 0 saturated carbocycles. The van der Waals surface area contributed by atoms with Crippen LogP contribution in [0.25, 0.3) is 0 Å². The number of benzene rings is 1. The van der Waals surface area contributed by atoms with E-state index < -0.39 is 0 Å². The van der Waals surface area contributed by atoms with Crippen molar-refractivity contribution in [1.82, 2.24) is 0 Å². The van der Waals surface area contributed by atoms with Gasteiger partial charge in [-0.15, -0.1) is 0 Å². The quantitative estimate of drug-likeness (QED) is 0.671. The molecule has 0 radical (unpaired) electrons. The molecule has 1 atom stereocenters. The molecule has 2 heteroatoms. The van der Waals surface area contributed by atoms with Gasteiger partial charge in [-0.2, -0.15) is 0 Å². The highest BCUT2D eigenvalue weighted by Crippen LogP contribution is 2.23. The van der Waals surface area contributed by atoms with E-state index >= 15 is 0 Å². The molecule has 15 heavy (non-hydrogen) atoms. The molecule has 0 bridgehead atoms. The van der Waals surface area contributed by atoms with Gasteiger partial charge in [-0.05, 0) is 56.0 Å². The molecule has 1 unspecified atom stereocenters. The Bertz CT molecular complexity index is 371. The number of hydrogen-bond donors (Lipinski definition) is 0. The molecule has 0 spiro atoms. The summed E-state index contributed by atoms with van der Waals surface area (Å²) in [6.07, 6.45) is 7.75. The molecule has 80 valence electrons. The van der Waals surface area contributed by atoms with Crippen LogP contribution in [0.4, 0.5) is 4.39 Å². The molecule has 0 fully saturated rings. The minimum atomic E-state index is -0.209. The Morgan fingerprint density at radius 1 is 1.40 bits per heavy atom. The van der Waals surface area contributed by atoms with Gasteiger partial charge in [0.05, 0.1) is 0 Å². The molecule has 1 aromatic carbocycles. The molecule has 1 aliphatic carbocycles. The normalized spacial score (nSPS) is 20.3. The van der Waals surface area contributed by atoms with Crippen LogP contribution in [0.3, 0.4) is 0 Å². The number of rotatable bonds is 2. The van der Waals surface area contributed by atoms with Crippen molar-refractivity contribution in [1.29, 1.82) is 0 Å². The molecule has 0 heterocycles. The summed E-state index contributed by atoms with van der Waals surface area (Å²) in [5.74, 6) is 0.576. The highest BCUT2D eigenvalue weighted by Gasteiger charge is 2.11. The van der Waals surface area contributed by atoms with Crippen LogP contribution in [0.5, 0.6) is 5.75 Å². The Balaban J connectivity index is 2.09. The zero-order chi connectivity index (χ0) is 10.7. The van der Waals surface area contributed by atoms with Crippen LogP contribution in [0.1, 0.15) is 24.8 Å². The van der Waals surface area contributed by atoms with Crippen LogP contribution in [-0.2, 0) is 0 Å². The third-order valence-electron chi connectivity index (χ3n) is 2.63. The Kier molecular flexibility index (Phi) is 3.05. The lowest BCUT2D eigenvalue weighted by Gasteiger charge is -2.19. The SMILES string of the molecule is Cc1cc(F)ccc1OC1C=CCCC1. The first kappa shape index (κ1) is 10.2. The Hall–Kier alpha value is -1.31. The van der Waals surface area contributed by atoms with Crippen LogP contribution in [-0.4, -0.2) is 6.10 Å². The zero-order valence-corrected chi connectivity index (χ0v) is 8.87. The first-order valence-electron chi connectivity index (χ1n) is 5.35. The van der Waals surface area contributed by atoms with Gasteiger partial charge in [0.1, 0.15) is 17.7 Å². The minimum absolute atomic E-state index is 0.155. The number of aryl methyl sites for hydroxylation is 1. The summed E-state index contributed by atoms with van der Waals surface area (Å²) < 4.78 is 18.6. The van der Waals surface area contributed by atoms with Gasteiger partial charge >= 0.3 is 0 Å². The van der Waals surface area contributed by atoms with E-state index in [1.54, 1.807) is 6.07 Å². The van der Waals surface area contributed by atoms with E-state index in [2.05, 4.69) is 12.2 Å². The topological polar surface area (TPSA) is 9.23 Å². The maximum Gasteiger partial charge on any atom is 0.123 e. The monoisotopic (exact) mass is 206 g/mol. The molecule has 0 N–H and O–H groups in total. The fraction of sp³-hybridized carbons (Fsp3) is 0.385. The van der Waals surface area contributed by atoms with Gasteiger partial charge in [0.2, 0.25) is 0 Å². The first-order chi connectivity index (χ1) is 7.25. The number of ether oxygens (including phenoxy) is 1. The maximum absolute atomic E-state index is 12.9. The summed E-state index contributed by atoms with van der Waals surface area (Å²) in [5, 5.41) is 0. The van der Waals surface area contributed by atoms with E-state index in [1.807, 2.05) is 6.92 Å². The fourth-order valence-electron chi connectivity index (χ4n) is 1.79. The summed E-state index contributed by atoms with van der Waals surface area (Å²) in [7, 11) is 0. The minimum Gasteiger partial charge on any atom is -0.486 e. The molecule has 0 aliphatic heterocycles. The van der Waals surface area contributed by atoms with E-state index in [0.717, 1.165) is 24.2 Å². The molecule has 1 aliphatic rings. The van der Waals surface area contributed by atoms with Crippen LogP contribution in [0.2, 0.25) is 0 Å². The highest BCUT2D eigenvalue weighted by molar-refractivity contribution is 5.33. The van der Waals surface area contributed by atoms with Crippen molar-refractivity contribution in [2.45, 2.75) is 32.3 Å². The smallest absolute Gasteiger partial charge is 0.123 e. The summed E-state index contributed by atoms with van der Waals surface area (Å²) in [5.41, 5.74) is 0.856. The van der Waals surface area contributed by atoms with Gasteiger partial charge < -0.3 is 4.74 Å². The lowest BCUT2D eigenvalue weighted by Crippen LogP contribution is -2.16. The predicted molar refractivity (Wildman–Crippen MR) is 58.5 cm³/mol. The van der Waals surface area contributed by atoms with Crippen molar-refractivity contribution in [3.63, 3.8) is 0 Å². The highest BCUT2D eigenvalue weighted by atomic mass is 19.1. The lowest BCUT2D eigenvalue weighted by atomic mass is 10.1. The van der Waals surface area contributed by atoms with Crippen LogP contribution in [0.15, 0.2) is 30.4 Å². The van der Waals surface area contributed by atoms with E-state index in [9.17, 15) is 4.39 Å². The molecular weight excluding hydrogens is 191 g/mol. The van der Waals surface area contributed by atoms with E-state index in [4.69, 9.17) is 4.74 Å². The average molecular weight is 206 g/mol. The zero-order valence-electron chi connectivity index (χ0n) is 8.87. The fourth-order valence-corrected chi connectivity index (χ4v) is 1.79. The van der Waals surface area contributed by atoms with Crippen molar-refractivity contribution < 1.29 is 9.13 Å². The lowest BCUT2D eigenvalue weighted by molar-refractivity contribution is 0.228. The van der Waals surface area contributed by atoms with Gasteiger partial charge in [0, 0.05) is 0 Å². The molecular formula is C13H15FO. The van der Waals surface area contributed by atoms with Gasteiger partial charge in [-0.25, -0.2) is 4.39 Å². The first-order valence-corrected chi connectivity index (χ1v) is 5.35. The third kappa shape index (κ3) is 2.58. The second-order valence-corrected chi connectivity index (χ2v) is 3.93. The standard InChI is InChI=1S/C13H15FO/c1-10-9-11(14)7-8-13(10)15-12-5-3-2-4-6-12/h3,5,7-9,12H,2,4,6H2,1H3. The number of hydrogen-bond acceptors (Lipinski definition) is 1. The van der Waals surface area contributed by atoms with Crippen molar-refractivity contribution >= 4 is 0 Å². The molecule has 1 nitrogen and oxygen atoms in total. The van der Waals surface area contributed by atoms with Gasteiger partial charge in [-0.1, -0.05) is 6.08 Å². The second kappa shape index (κ2) is 4.47. The molecule has 0 saturated heterocycles. The van der Waals surface area contributed by atoms with E-state index in [-0.39, 0.29) is 11.9 Å². The van der Waals surface area contributed by atoms with Gasteiger partial charge in [0.15, 0.2) is 0 Å². The Morgan fingerprint density at radius 3 is 2.93 bits per heavy atom. The van der Waals surface area contributed by atoms with Crippen LogP contribution < -0.4 is 4.74 Å². The number of allylic oxidation sites excluding steroid dienone is 1. The van der Waals surface area contributed by atoms with E-state index in [0.29, 0.717) is 0 Å². The number of halogens is 1. The van der Waals surface area contributed by atoms with Crippen LogP contribution in [0, 0.1) is 12.7 Å². The van der Waals surface area contributed by atoms with Gasteiger partial charge in [0.25, 0.3) is 0 Å². The Labute approximate surface area is 89.6 Å². The third-order valence-corrected chi connectivity index (χ3v) is 2.63. The Morgan fingerprint density at radius 2 is 2.27 bits per heavy atom. The molecule has 1 aromatic rings. The molecule has 0 aromatic heterocycles. The summed E-state index contributed by atoms with van der Waals surface area (Å²) in [6.45, 7) is 1.87. The molecule has 2 rings (SSSR count). The summed E-state index contributed by atoms with van der Waals surface area (Å²) in [6, 6.07) is 4.64. The summed E-state index contributed by atoms with van der Waals surface area (Å²) >= 11 is 0. The van der Waals surface area contributed by atoms with E-state index in [1.165, 1.54) is 18.6 Å². The maximum atomic E-state index is 12.9. The largest absolute Gasteiger partial charge is 0.486 e. The van der Waals surface area contributed by atoms with Crippen molar-refractivity contribution in [3.8, 4) is 5.75 Å². The van der Waals surface area contributed by atoms with Crippen molar-refractivity contribution in [3.05, 3.63) is 41.7 Å². The second-order valence-electron chi connectivity index (χ2n) is 3.93. The predicted octanol–water partition coefficient (Wildman–Crippen LogP) is 3.62. The van der Waals surface area contributed by atoms with Crippen LogP contribution >= 0.6 is 0 Å². The summed E-state index contributed by atoms with van der Waals surface area (Å²) in [4.78, 5) is 0. The van der Waals surface area contributed by atoms with Gasteiger partial charge in [-0.3, -0.25) is 0 Å².